The van der Waals surface area contributed by atoms with Crippen LogP contribution in [0.15, 0.2) is 48.5 Å². The lowest BCUT2D eigenvalue weighted by Gasteiger charge is -2.06. The van der Waals surface area contributed by atoms with Gasteiger partial charge in [0.1, 0.15) is 0 Å². The molecule has 0 atom stereocenters. The van der Waals surface area contributed by atoms with E-state index in [1.165, 1.54) is 12.1 Å². The van der Waals surface area contributed by atoms with E-state index in [0.717, 1.165) is 0 Å². The third-order valence-electron chi connectivity index (χ3n) is 5.05. The molecule has 0 fully saturated rings. The molecule has 0 bridgehead atoms. The standard InChI is InChI=1S/C27H12O6/c28-26(29)22-11-18-7-5-16-3-1-2-4-17(16)6-8-20-13-24-25(33-15-32-24)14-21(20)10-9-19(18)12-23(22)27(30)31/h1-4,11-14H,15H2,(H,28,29)(H,30,31). The maximum Gasteiger partial charge on any atom is 0.336 e. The van der Waals surface area contributed by atoms with E-state index >= 15 is 0 Å². The number of fused-ring (bicyclic) bond motifs is 4. The van der Waals surface area contributed by atoms with Gasteiger partial charge in [0.2, 0.25) is 6.79 Å². The molecule has 0 spiro atoms. The molecule has 3 aromatic carbocycles. The van der Waals surface area contributed by atoms with Gasteiger partial charge in [-0.05, 0) is 24.3 Å². The lowest BCUT2D eigenvalue weighted by atomic mass is 9.97. The van der Waals surface area contributed by atoms with Crippen molar-refractivity contribution in [2.24, 2.45) is 0 Å². The van der Waals surface area contributed by atoms with Crippen LogP contribution in [0.1, 0.15) is 54.1 Å². The van der Waals surface area contributed by atoms with Gasteiger partial charge in [-0.3, -0.25) is 0 Å². The summed E-state index contributed by atoms with van der Waals surface area (Å²) < 4.78 is 10.9. The Bertz CT molecular complexity index is 1560. The van der Waals surface area contributed by atoms with E-state index in [1.807, 2.05) is 18.2 Å². The normalized spacial score (nSPS) is 11.9. The maximum atomic E-state index is 11.7. The van der Waals surface area contributed by atoms with Crippen LogP contribution in [0.5, 0.6) is 11.5 Å². The Kier molecular flexibility index (Phi) is 4.72. The minimum absolute atomic E-state index is 0.0958. The third-order valence-corrected chi connectivity index (χ3v) is 5.05. The predicted octanol–water partition coefficient (Wildman–Crippen LogP) is 3.32. The molecule has 2 aliphatic rings. The molecule has 6 heteroatoms. The first-order chi connectivity index (χ1) is 16.0. The number of hydrogen-bond acceptors (Lipinski definition) is 4. The molecule has 5 rings (SSSR count). The van der Waals surface area contributed by atoms with Gasteiger partial charge in [0.05, 0.1) is 11.1 Å². The van der Waals surface area contributed by atoms with Gasteiger partial charge >= 0.3 is 11.9 Å². The molecule has 6 nitrogen and oxygen atoms in total. The second kappa shape index (κ2) is 7.85. The van der Waals surface area contributed by atoms with E-state index in [9.17, 15) is 19.8 Å². The fourth-order valence-corrected chi connectivity index (χ4v) is 3.41. The molecular weight excluding hydrogens is 420 g/mol. The average Bonchev–Trinajstić information content (AvgIpc) is 3.26. The van der Waals surface area contributed by atoms with Gasteiger partial charge in [-0.1, -0.05) is 47.7 Å². The smallest absolute Gasteiger partial charge is 0.336 e. The van der Waals surface area contributed by atoms with Crippen LogP contribution >= 0.6 is 0 Å². The number of benzene rings is 3. The molecule has 1 aliphatic heterocycles. The highest BCUT2D eigenvalue weighted by Gasteiger charge is 2.19. The van der Waals surface area contributed by atoms with Gasteiger partial charge < -0.3 is 19.7 Å². The Balaban J connectivity index is 1.82. The van der Waals surface area contributed by atoms with E-state index in [-0.39, 0.29) is 17.9 Å². The van der Waals surface area contributed by atoms with Gasteiger partial charge in [0, 0.05) is 45.5 Å². The van der Waals surface area contributed by atoms with Crippen LogP contribution in [-0.4, -0.2) is 28.9 Å². The second-order valence-corrected chi connectivity index (χ2v) is 7.10. The Morgan fingerprint density at radius 2 is 0.970 bits per heavy atom. The van der Waals surface area contributed by atoms with Crippen LogP contribution in [0.2, 0.25) is 0 Å². The summed E-state index contributed by atoms with van der Waals surface area (Å²) in [5.74, 6) is 16.5. The van der Waals surface area contributed by atoms with Crippen molar-refractivity contribution in [2.45, 2.75) is 0 Å². The van der Waals surface area contributed by atoms with Gasteiger partial charge in [-0.25, -0.2) is 9.59 Å². The first kappa shape index (κ1) is 19.8. The largest absolute Gasteiger partial charge is 0.478 e. The van der Waals surface area contributed by atoms with E-state index in [4.69, 9.17) is 9.47 Å². The monoisotopic (exact) mass is 432 g/mol. The highest BCUT2D eigenvalue weighted by molar-refractivity contribution is 6.02. The number of carboxylic acid groups (broad SMARTS) is 2. The number of carbonyl (C=O) groups is 2. The zero-order valence-corrected chi connectivity index (χ0v) is 16.9. The topological polar surface area (TPSA) is 93.1 Å². The fourth-order valence-electron chi connectivity index (χ4n) is 3.41. The summed E-state index contributed by atoms with van der Waals surface area (Å²) in [6.45, 7) is 0.0958. The zero-order valence-electron chi connectivity index (χ0n) is 16.9. The van der Waals surface area contributed by atoms with Crippen molar-refractivity contribution in [3.8, 4) is 47.0 Å². The molecule has 0 aromatic heterocycles. The third kappa shape index (κ3) is 3.72. The highest BCUT2D eigenvalue weighted by Crippen LogP contribution is 2.34. The number of carboxylic acids is 2. The van der Waals surface area contributed by atoms with Gasteiger partial charge in [0.15, 0.2) is 11.5 Å². The molecule has 0 unspecified atom stereocenters. The summed E-state index contributed by atoms with van der Waals surface area (Å²) in [6.07, 6.45) is 0. The van der Waals surface area contributed by atoms with Crippen LogP contribution in [0.25, 0.3) is 0 Å². The summed E-state index contributed by atoms with van der Waals surface area (Å²) in [5, 5.41) is 19.0. The zero-order chi connectivity index (χ0) is 22.9. The van der Waals surface area contributed by atoms with Crippen LogP contribution in [0.3, 0.4) is 0 Å². The Morgan fingerprint density at radius 3 is 1.36 bits per heavy atom. The van der Waals surface area contributed by atoms with Crippen molar-refractivity contribution >= 4 is 11.9 Å². The molecule has 0 saturated heterocycles. The van der Waals surface area contributed by atoms with Crippen molar-refractivity contribution in [2.75, 3.05) is 6.79 Å². The lowest BCUT2D eigenvalue weighted by Crippen LogP contribution is -2.09. The molecule has 1 heterocycles. The van der Waals surface area contributed by atoms with E-state index in [0.29, 0.717) is 44.9 Å². The van der Waals surface area contributed by atoms with Crippen molar-refractivity contribution < 1.29 is 29.3 Å². The van der Waals surface area contributed by atoms with E-state index in [2.05, 4.69) is 35.5 Å². The van der Waals surface area contributed by atoms with Gasteiger partial charge in [0.25, 0.3) is 0 Å². The number of rotatable bonds is 2. The van der Waals surface area contributed by atoms with Gasteiger partial charge in [-0.15, -0.1) is 0 Å². The minimum Gasteiger partial charge on any atom is -0.478 e. The first-order valence-electron chi connectivity index (χ1n) is 9.73. The molecule has 0 amide bonds. The number of hydrogen-bond donors (Lipinski definition) is 2. The summed E-state index contributed by atoms with van der Waals surface area (Å²) in [7, 11) is 0. The van der Waals surface area contributed by atoms with Crippen LogP contribution < -0.4 is 9.47 Å². The molecule has 3 aromatic rings. The molecule has 0 radical (unpaired) electrons. The molecule has 156 valence electrons. The van der Waals surface area contributed by atoms with Crippen molar-refractivity contribution in [1.82, 2.24) is 0 Å². The fraction of sp³-hybridized carbons (Fsp3) is 0.0370. The first-order valence-corrected chi connectivity index (χ1v) is 9.73. The average molecular weight is 432 g/mol. The lowest BCUT2D eigenvalue weighted by molar-refractivity contribution is 0.0651. The Morgan fingerprint density at radius 1 is 0.606 bits per heavy atom. The maximum absolute atomic E-state index is 11.7. The van der Waals surface area contributed by atoms with Crippen LogP contribution in [0.4, 0.5) is 0 Å². The Hall–Kier alpha value is -5.12. The molecule has 1 aliphatic carbocycles. The number of ether oxygens (including phenoxy) is 2. The van der Waals surface area contributed by atoms with Crippen LogP contribution in [-0.2, 0) is 0 Å². The van der Waals surface area contributed by atoms with Crippen LogP contribution in [0, 0.1) is 35.5 Å². The summed E-state index contributed by atoms with van der Waals surface area (Å²) >= 11 is 0. The Labute approximate surface area is 188 Å². The molecule has 2 N–H and O–H groups in total. The summed E-state index contributed by atoms with van der Waals surface area (Å²) in [4.78, 5) is 23.4. The van der Waals surface area contributed by atoms with Crippen molar-refractivity contribution in [3.05, 3.63) is 93.0 Å². The molecule has 0 saturated carbocycles. The molecular formula is C27H12O6. The van der Waals surface area contributed by atoms with Crippen molar-refractivity contribution in [1.29, 1.82) is 0 Å². The predicted molar refractivity (Wildman–Crippen MR) is 117 cm³/mol. The SMILES string of the molecule is O=C(O)c1cc2c(cc1C(=O)O)C#Cc1cc3c(cc1C#Cc1ccccc1C#C2)OCO3. The van der Waals surface area contributed by atoms with Crippen molar-refractivity contribution in [3.63, 3.8) is 0 Å². The minimum atomic E-state index is -1.36. The van der Waals surface area contributed by atoms with E-state index in [1.54, 1.807) is 18.2 Å². The highest BCUT2D eigenvalue weighted by atomic mass is 16.7. The summed E-state index contributed by atoms with van der Waals surface area (Å²) in [6, 6.07) is 13.2. The number of aromatic carboxylic acids is 2. The van der Waals surface area contributed by atoms with E-state index < -0.39 is 11.9 Å². The molecule has 33 heavy (non-hydrogen) atoms. The van der Waals surface area contributed by atoms with Gasteiger partial charge in [-0.2, -0.15) is 0 Å². The quantitative estimate of drug-likeness (QED) is 0.472. The summed E-state index contributed by atoms with van der Waals surface area (Å²) in [5.41, 5.74) is 2.36. The second-order valence-electron chi connectivity index (χ2n) is 7.10.